The van der Waals surface area contributed by atoms with Crippen molar-refractivity contribution in [3.05, 3.63) is 88.1 Å². The molecule has 0 saturated carbocycles. The number of aromatic nitrogens is 2. The van der Waals surface area contributed by atoms with E-state index in [-0.39, 0.29) is 11.5 Å². The Hall–Kier alpha value is -3.32. The molecule has 158 valence electrons. The summed E-state index contributed by atoms with van der Waals surface area (Å²) in [6.07, 6.45) is 1.57. The van der Waals surface area contributed by atoms with Gasteiger partial charge in [-0.2, -0.15) is 0 Å². The van der Waals surface area contributed by atoms with Crippen LogP contribution in [0, 0.1) is 13.8 Å². The second-order valence-corrected chi connectivity index (χ2v) is 8.76. The number of amides is 1. The minimum atomic E-state index is -0.458. The molecule has 2 heterocycles. The van der Waals surface area contributed by atoms with E-state index >= 15 is 0 Å². The van der Waals surface area contributed by atoms with Crippen LogP contribution in [0.4, 0.5) is 0 Å². The third kappa shape index (κ3) is 4.56. The van der Waals surface area contributed by atoms with Crippen molar-refractivity contribution in [3.63, 3.8) is 0 Å². The van der Waals surface area contributed by atoms with Gasteiger partial charge in [0.2, 0.25) is 5.91 Å². The Morgan fingerprint density at radius 2 is 1.87 bits per heavy atom. The molecule has 0 fully saturated rings. The zero-order valence-corrected chi connectivity index (χ0v) is 18.4. The van der Waals surface area contributed by atoms with E-state index in [1.165, 1.54) is 11.8 Å². The topological polar surface area (TPSA) is 77.1 Å². The first-order valence-electron chi connectivity index (χ1n) is 9.99. The number of nitrogens with zero attached hydrogens (tertiary/aromatic N) is 2. The summed E-state index contributed by atoms with van der Waals surface area (Å²) < 4.78 is 6.87. The molecule has 1 amide bonds. The van der Waals surface area contributed by atoms with Crippen molar-refractivity contribution in [2.45, 2.75) is 37.7 Å². The van der Waals surface area contributed by atoms with Crippen LogP contribution in [0.25, 0.3) is 16.6 Å². The molecule has 4 rings (SSSR count). The number of nitrogens with one attached hydrogen (secondary N) is 1. The van der Waals surface area contributed by atoms with Crippen molar-refractivity contribution >= 4 is 28.6 Å². The number of hydrogen-bond donors (Lipinski definition) is 1. The third-order valence-corrected chi connectivity index (χ3v) is 5.93. The molecule has 0 bridgehead atoms. The fourth-order valence-electron chi connectivity index (χ4n) is 3.44. The minimum absolute atomic E-state index is 0.152. The molecule has 0 aliphatic carbocycles. The number of furan rings is 1. The van der Waals surface area contributed by atoms with E-state index in [1.807, 2.05) is 44.2 Å². The standard InChI is InChI=1S/C24H23N3O3S/c1-15-11-16(2)13-18(12-15)27-23(29)20-8-4-5-9-21(20)26-24(27)31-17(3)22(28)25-14-19-7-6-10-30-19/h4-13,17H,14H2,1-3H3,(H,25,28). The van der Waals surface area contributed by atoms with E-state index in [4.69, 9.17) is 9.40 Å². The van der Waals surface area contributed by atoms with Gasteiger partial charge >= 0.3 is 0 Å². The summed E-state index contributed by atoms with van der Waals surface area (Å²) in [7, 11) is 0. The van der Waals surface area contributed by atoms with Gasteiger partial charge in [-0.15, -0.1) is 0 Å². The Bertz CT molecular complexity index is 1280. The Morgan fingerprint density at radius 1 is 1.13 bits per heavy atom. The second-order valence-electron chi connectivity index (χ2n) is 7.46. The molecular weight excluding hydrogens is 410 g/mol. The summed E-state index contributed by atoms with van der Waals surface area (Å²) in [6.45, 7) is 6.10. The van der Waals surface area contributed by atoms with E-state index in [0.717, 1.165) is 16.8 Å². The van der Waals surface area contributed by atoms with Crippen molar-refractivity contribution in [2.24, 2.45) is 0 Å². The SMILES string of the molecule is Cc1cc(C)cc(-n2c(SC(C)C(=O)NCc3ccco3)nc3ccccc3c2=O)c1. The number of carbonyl (C=O) groups is 1. The zero-order chi connectivity index (χ0) is 22.0. The maximum Gasteiger partial charge on any atom is 0.266 e. The van der Waals surface area contributed by atoms with Gasteiger partial charge in [-0.25, -0.2) is 4.98 Å². The molecule has 2 aromatic carbocycles. The van der Waals surface area contributed by atoms with E-state index < -0.39 is 5.25 Å². The lowest BCUT2D eigenvalue weighted by molar-refractivity contribution is -0.120. The Balaban J connectivity index is 1.72. The van der Waals surface area contributed by atoms with Crippen LogP contribution in [0.3, 0.4) is 0 Å². The van der Waals surface area contributed by atoms with Gasteiger partial charge in [0.1, 0.15) is 5.76 Å². The van der Waals surface area contributed by atoms with Crippen molar-refractivity contribution in [1.29, 1.82) is 0 Å². The van der Waals surface area contributed by atoms with E-state index in [9.17, 15) is 9.59 Å². The van der Waals surface area contributed by atoms with Gasteiger partial charge in [-0.3, -0.25) is 14.2 Å². The van der Waals surface area contributed by atoms with Gasteiger partial charge in [-0.1, -0.05) is 30.0 Å². The second kappa shape index (κ2) is 8.81. The van der Waals surface area contributed by atoms with Crippen molar-refractivity contribution in [2.75, 3.05) is 0 Å². The van der Waals surface area contributed by atoms with E-state index in [2.05, 4.69) is 11.4 Å². The van der Waals surface area contributed by atoms with Gasteiger partial charge in [0, 0.05) is 0 Å². The number of para-hydroxylation sites is 1. The highest BCUT2D eigenvalue weighted by Crippen LogP contribution is 2.26. The van der Waals surface area contributed by atoms with Crippen LogP contribution in [0.1, 0.15) is 23.8 Å². The van der Waals surface area contributed by atoms with E-state index in [1.54, 1.807) is 36.0 Å². The smallest absolute Gasteiger partial charge is 0.266 e. The maximum atomic E-state index is 13.4. The normalized spacial score (nSPS) is 12.1. The summed E-state index contributed by atoms with van der Waals surface area (Å²) in [5.74, 6) is 0.525. The predicted octanol–water partition coefficient (Wildman–Crippen LogP) is 4.39. The number of fused-ring (bicyclic) bond motifs is 1. The number of rotatable bonds is 6. The fraction of sp³-hybridized carbons (Fsp3) is 0.208. The van der Waals surface area contributed by atoms with E-state index in [0.29, 0.717) is 28.4 Å². The first-order valence-corrected chi connectivity index (χ1v) is 10.9. The minimum Gasteiger partial charge on any atom is -0.467 e. The van der Waals surface area contributed by atoms with Crippen LogP contribution in [0.15, 0.2) is 75.2 Å². The summed E-state index contributed by atoms with van der Waals surface area (Å²) >= 11 is 1.26. The number of thioether (sulfide) groups is 1. The van der Waals surface area contributed by atoms with Crippen LogP contribution in [-0.2, 0) is 11.3 Å². The lowest BCUT2D eigenvalue weighted by Crippen LogP contribution is -2.31. The lowest BCUT2D eigenvalue weighted by Gasteiger charge is -2.17. The van der Waals surface area contributed by atoms with Gasteiger partial charge < -0.3 is 9.73 Å². The Kier molecular flexibility index (Phi) is 5.95. The average molecular weight is 434 g/mol. The number of carbonyl (C=O) groups excluding carboxylic acids is 1. The molecule has 2 aromatic heterocycles. The Labute approximate surface area is 184 Å². The summed E-state index contributed by atoms with van der Waals surface area (Å²) in [6, 6.07) is 16.8. The molecule has 1 N–H and O–H groups in total. The highest BCUT2D eigenvalue weighted by Gasteiger charge is 2.20. The highest BCUT2D eigenvalue weighted by molar-refractivity contribution is 8.00. The lowest BCUT2D eigenvalue weighted by atomic mass is 10.1. The van der Waals surface area contributed by atoms with Gasteiger partial charge in [0.25, 0.3) is 5.56 Å². The monoisotopic (exact) mass is 433 g/mol. The number of aryl methyl sites for hydroxylation is 2. The van der Waals surface area contributed by atoms with Crippen molar-refractivity contribution < 1.29 is 9.21 Å². The van der Waals surface area contributed by atoms with Crippen LogP contribution in [0.2, 0.25) is 0 Å². The molecule has 31 heavy (non-hydrogen) atoms. The average Bonchev–Trinajstić information content (AvgIpc) is 3.25. The molecule has 6 nitrogen and oxygen atoms in total. The largest absolute Gasteiger partial charge is 0.467 e. The quantitative estimate of drug-likeness (QED) is 0.360. The molecule has 0 aliphatic rings. The van der Waals surface area contributed by atoms with Gasteiger partial charge in [-0.05, 0) is 68.3 Å². The number of benzene rings is 2. The number of hydrogen-bond acceptors (Lipinski definition) is 5. The fourth-order valence-corrected chi connectivity index (χ4v) is 4.39. The molecule has 0 saturated heterocycles. The molecule has 1 atom stereocenters. The third-order valence-electron chi connectivity index (χ3n) is 4.88. The first-order chi connectivity index (χ1) is 14.9. The van der Waals surface area contributed by atoms with Crippen LogP contribution < -0.4 is 10.9 Å². The first kappa shape index (κ1) is 20.9. The van der Waals surface area contributed by atoms with Crippen molar-refractivity contribution in [1.82, 2.24) is 14.9 Å². The summed E-state index contributed by atoms with van der Waals surface area (Å²) in [4.78, 5) is 30.8. The van der Waals surface area contributed by atoms with Crippen LogP contribution >= 0.6 is 11.8 Å². The predicted molar refractivity (Wildman–Crippen MR) is 123 cm³/mol. The molecule has 0 aliphatic heterocycles. The molecule has 4 aromatic rings. The molecule has 1 unspecified atom stereocenters. The summed E-state index contributed by atoms with van der Waals surface area (Å²) in [5, 5.41) is 3.43. The molecule has 0 radical (unpaired) electrons. The summed E-state index contributed by atoms with van der Waals surface area (Å²) in [5.41, 5.74) is 3.30. The Morgan fingerprint density at radius 3 is 2.58 bits per heavy atom. The molecule has 0 spiro atoms. The van der Waals surface area contributed by atoms with Gasteiger partial charge in [0.05, 0.1) is 34.6 Å². The molecule has 7 heteroatoms. The van der Waals surface area contributed by atoms with Crippen molar-refractivity contribution in [3.8, 4) is 5.69 Å². The maximum absolute atomic E-state index is 13.4. The zero-order valence-electron chi connectivity index (χ0n) is 17.6. The van der Waals surface area contributed by atoms with Gasteiger partial charge in [0.15, 0.2) is 5.16 Å². The van der Waals surface area contributed by atoms with Crippen LogP contribution in [0.5, 0.6) is 0 Å². The van der Waals surface area contributed by atoms with Crippen LogP contribution in [-0.4, -0.2) is 20.7 Å². The highest BCUT2D eigenvalue weighted by atomic mass is 32.2. The molecular formula is C24H23N3O3S.